The minimum Gasteiger partial charge on any atom is -0.508 e. The fourth-order valence-corrected chi connectivity index (χ4v) is 1.97. The molecule has 1 saturated heterocycles. The van der Waals surface area contributed by atoms with Crippen molar-refractivity contribution in [2.45, 2.75) is 6.04 Å². The molecule has 0 bridgehead atoms. The van der Waals surface area contributed by atoms with Gasteiger partial charge in [0.2, 0.25) is 0 Å². The molecule has 1 aliphatic heterocycles. The first-order valence-electron chi connectivity index (χ1n) is 4.74. The van der Waals surface area contributed by atoms with E-state index in [4.69, 9.17) is 28.9 Å². The Hall–Kier alpha value is -0.480. The lowest BCUT2D eigenvalue weighted by Gasteiger charge is -2.33. The van der Waals surface area contributed by atoms with Gasteiger partial charge in [0.1, 0.15) is 5.75 Å². The van der Waals surface area contributed by atoms with Crippen LogP contribution in [0.2, 0.25) is 10.0 Å². The summed E-state index contributed by atoms with van der Waals surface area (Å²) in [6.07, 6.45) is 0. The third kappa shape index (κ3) is 2.06. The summed E-state index contributed by atoms with van der Waals surface area (Å²) in [5.41, 5.74) is 6.68. The van der Waals surface area contributed by atoms with Gasteiger partial charge in [0, 0.05) is 36.7 Å². The van der Waals surface area contributed by atoms with Gasteiger partial charge in [-0.3, -0.25) is 0 Å². The molecule has 5 heteroatoms. The summed E-state index contributed by atoms with van der Waals surface area (Å²) < 4.78 is 0. The number of rotatable bonds is 2. The van der Waals surface area contributed by atoms with Crippen LogP contribution < -0.4 is 11.1 Å². The van der Waals surface area contributed by atoms with E-state index in [0.717, 1.165) is 13.1 Å². The Bertz CT molecular complexity index is 380. The third-order valence-electron chi connectivity index (χ3n) is 2.75. The molecule has 3 nitrogen and oxygen atoms in total. The number of phenols is 1. The zero-order valence-electron chi connectivity index (χ0n) is 8.00. The Morgan fingerprint density at radius 1 is 1.33 bits per heavy atom. The van der Waals surface area contributed by atoms with Crippen molar-refractivity contribution in [1.29, 1.82) is 0 Å². The number of hydrogen-bond acceptors (Lipinski definition) is 3. The fourth-order valence-electron chi connectivity index (χ4n) is 1.64. The van der Waals surface area contributed by atoms with E-state index >= 15 is 0 Å². The molecule has 2 rings (SSSR count). The first-order chi connectivity index (χ1) is 7.09. The molecule has 0 aliphatic carbocycles. The molecule has 1 unspecified atom stereocenters. The molecule has 15 heavy (non-hydrogen) atoms. The van der Waals surface area contributed by atoms with E-state index in [1.54, 1.807) is 6.07 Å². The van der Waals surface area contributed by atoms with Crippen LogP contribution in [0.1, 0.15) is 11.6 Å². The van der Waals surface area contributed by atoms with Crippen LogP contribution in [0, 0.1) is 5.92 Å². The lowest BCUT2D eigenvalue weighted by Crippen LogP contribution is -2.47. The van der Waals surface area contributed by atoms with Crippen LogP contribution >= 0.6 is 23.2 Å². The molecule has 4 N–H and O–H groups in total. The number of nitrogens with two attached hydrogens (primary N) is 1. The molecule has 1 aromatic carbocycles. The summed E-state index contributed by atoms with van der Waals surface area (Å²) in [5.74, 6) is 0.469. The van der Waals surface area contributed by atoms with Gasteiger partial charge >= 0.3 is 0 Å². The van der Waals surface area contributed by atoms with Crippen molar-refractivity contribution in [2.75, 3.05) is 13.1 Å². The number of benzene rings is 1. The number of hydrogen-bond donors (Lipinski definition) is 3. The number of nitrogens with one attached hydrogen (secondary N) is 1. The van der Waals surface area contributed by atoms with Crippen LogP contribution in [-0.4, -0.2) is 18.2 Å². The fraction of sp³-hybridized carbons (Fsp3) is 0.400. The lowest BCUT2D eigenvalue weighted by atomic mass is 9.89. The first-order valence-corrected chi connectivity index (χ1v) is 5.49. The monoisotopic (exact) mass is 246 g/mol. The van der Waals surface area contributed by atoms with Gasteiger partial charge in [-0.05, 0) is 6.07 Å². The van der Waals surface area contributed by atoms with Gasteiger partial charge in [-0.2, -0.15) is 0 Å². The van der Waals surface area contributed by atoms with E-state index in [1.807, 2.05) is 0 Å². The maximum Gasteiger partial charge on any atom is 0.121 e. The Balaban J connectivity index is 2.30. The van der Waals surface area contributed by atoms with Crippen molar-refractivity contribution in [3.63, 3.8) is 0 Å². The number of halogens is 2. The second kappa shape index (κ2) is 4.18. The van der Waals surface area contributed by atoms with Gasteiger partial charge in [-0.15, -0.1) is 0 Å². The summed E-state index contributed by atoms with van der Waals surface area (Å²) in [6, 6.07) is 2.88. The standard InChI is InChI=1S/C10H12Cl2N2O/c11-7-1-6(9(15)2-8(7)12)10(13)5-3-14-4-5/h1-2,5,10,14-15H,3-4,13H2. The summed E-state index contributed by atoms with van der Waals surface area (Å²) >= 11 is 11.7. The van der Waals surface area contributed by atoms with Gasteiger partial charge in [0.15, 0.2) is 0 Å². The van der Waals surface area contributed by atoms with Crippen molar-refractivity contribution >= 4 is 23.2 Å². The lowest BCUT2D eigenvalue weighted by molar-refractivity contribution is 0.290. The average Bonchev–Trinajstić information content (AvgIpc) is 2.08. The van der Waals surface area contributed by atoms with E-state index in [9.17, 15) is 5.11 Å². The predicted molar refractivity (Wildman–Crippen MR) is 61.4 cm³/mol. The molecule has 1 heterocycles. The van der Waals surface area contributed by atoms with Crippen LogP contribution in [0.25, 0.3) is 0 Å². The molecule has 0 radical (unpaired) electrons. The van der Waals surface area contributed by atoms with Crippen LogP contribution in [-0.2, 0) is 0 Å². The molecular weight excluding hydrogens is 235 g/mol. The van der Waals surface area contributed by atoms with E-state index in [-0.39, 0.29) is 11.8 Å². The van der Waals surface area contributed by atoms with E-state index in [1.165, 1.54) is 6.07 Å². The van der Waals surface area contributed by atoms with Gasteiger partial charge in [-0.1, -0.05) is 23.2 Å². The second-order valence-corrected chi connectivity index (χ2v) is 4.58. The normalized spacial score (nSPS) is 18.6. The van der Waals surface area contributed by atoms with Crippen molar-refractivity contribution in [2.24, 2.45) is 11.7 Å². The highest BCUT2D eigenvalue weighted by molar-refractivity contribution is 6.42. The van der Waals surface area contributed by atoms with E-state index in [2.05, 4.69) is 5.32 Å². The topological polar surface area (TPSA) is 58.3 Å². The number of phenolic OH excluding ortho intramolecular Hbond substituents is 1. The molecule has 0 aromatic heterocycles. The molecule has 82 valence electrons. The highest BCUT2D eigenvalue weighted by Crippen LogP contribution is 2.35. The Morgan fingerprint density at radius 3 is 2.47 bits per heavy atom. The molecule has 1 fully saturated rings. The maximum atomic E-state index is 9.71. The summed E-state index contributed by atoms with van der Waals surface area (Å²) in [7, 11) is 0. The average molecular weight is 247 g/mol. The quantitative estimate of drug-likeness (QED) is 0.748. The largest absolute Gasteiger partial charge is 0.508 e. The Morgan fingerprint density at radius 2 is 1.93 bits per heavy atom. The maximum absolute atomic E-state index is 9.71. The van der Waals surface area contributed by atoms with Crippen molar-refractivity contribution in [3.8, 4) is 5.75 Å². The first kappa shape index (κ1) is 11.0. The molecule has 1 aromatic rings. The van der Waals surface area contributed by atoms with Gasteiger partial charge < -0.3 is 16.2 Å². The van der Waals surface area contributed by atoms with Crippen LogP contribution in [0.15, 0.2) is 12.1 Å². The van der Waals surface area contributed by atoms with Crippen molar-refractivity contribution in [3.05, 3.63) is 27.7 Å². The molecule has 0 amide bonds. The second-order valence-electron chi connectivity index (χ2n) is 3.77. The van der Waals surface area contributed by atoms with Crippen molar-refractivity contribution < 1.29 is 5.11 Å². The zero-order chi connectivity index (χ0) is 11.0. The molecular formula is C10H12Cl2N2O. The smallest absolute Gasteiger partial charge is 0.121 e. The molecule has 1 atom stereocenters. The van der Waals surface area contributed by atoms with E-state index in [0.29, 0.717) is 21.5 Å². The predicted octanol–water partition coefficient (Wildman–Crippen LogP) is 1.92. The third-order valence-corrected chi connectivity index (χ3v) is 3.47. The Labute approximate surface area is 98.2 Å². The van der Waals surface area contributed by atoms with Gasteiger partial charge in [0.25, 0.3) is 0 Å². The minimum absolute atomic E-state index is 0.115. The molecule has 0 spiro atoms. The SMILES string of the molecule is NC(c1cc(Cl)c(Cl)cc1O)C1CNC1. The summed E-state index contributed by atoms with van der Waals surface area (Å²) in [4.78, 5) is 0. The number of aromatic hydroxyl groups is 1. The zero-order valence-corrected chi connectivity index (χ0v) is 9.52. The molecule has 0 saturated carbocycles. The summed E-state index contributed by atoms with van der Waals surface area (Å²) in [6.45, 7) is 1.75. The Kier molecular flexibility index (Phi) is 3.07. The highest BCUT2D eigenvalue weighted by Gasteiger charge is 2.27. The minimum atomic E-state index is -0.194. The van der Waals surface area contributed by atoms with E-state index < -0.39 is 0 Å². The summed E-state index contributed by atoms with van der Waals surface area (Å²) in [5, 5.41) is 13.6. The van der Waals surface area contributed by atoms with Gasteiger partial charge in [0.05, 0.1) is 10.0 Å². The molecule has 1 aliphatic rings. The van der Waals surface area contributed by atoms with Gasteiger partial charge in [-0.25, -0.2) is 0 Å². The highest BCUT2D eigenvalue weighted by atomic mass is 35.5. The van der Waals surface area contributed by atoms with Crippen LogP contribution in [0.5, 0.6) is 5.75 Å². The van der Waals surface area contributed by atoms with Crippen molar-refractivity contribution in [1.82, 2.24) is 5.32 Å². The van der Waals surface area contributed by atoms with Crippen LogP contribution in [0.4, 0.5) is 0 Å². The van der Waals surface area contributed by atoms with Crippen LogP contribution in [0.3, 0.4) is 0 Å².